The number of fused-ring (bicyclic) bond motifs is 2. The third-order valence-electron chi connectivity index (χ3n) is 4.01. The highest BCUT2D eigenvalue weighted by Crippen LogP contribution is 2.51. The van der Waals surface area contributed by atoms with Crippen LogP contribution in [0.5, 0.6) is 0 Å². The molecule has 4 heterocycles. The minimum absolute atomic E-state index is 0.105. The van der Waals surface area contributed by atoms with Gasteiger partial charge >= 0.3 is 0 Å². The predicted octanol–water partition coefficient (Wildman–Crippen LogP) is 3.00. The number of amides is 1. The number of piperidine rings is 1. The number of rotatable bonds is 3. The summed E-state index contributed by atoms with van der Waals surface area (Å²) in [6, 6.07) is 0. The van der Waals surface area contributed by atoms with E-state index in [9.17, 15) is 9.59 Å². The van der Waals surface area contributed by atoms with E-state index >= 15 is 0 Å². The highest BCUT2D eigenvalue weighted by molar-refractivity contribution is 7.21. The first-order valence-corrected chi connectivity index (χ1v) is 7.65. The van der Waals surface area contributed by atoms with Gasteiger partial charge in [-0.2, -0.15) is 0 Å². The SMILES string of the molecule is CCC(=O)c1c(NC(C)=O)sc2c1C1CCN2CC1. The summed E-state index contributed by atoms with van der Waals surface area (Å²) in [5.41, 5.74) is 1.99. The fraction of sp³-hybridized carbons (Fsp3) is 0.571. The van der Waals surface area contributed by atoms with E-state index in [1.165, 1.54) is 17.5 Å². The third-order valence-corrected chi connectivity index (χ3v) is 5.19. The molecule has 0 spiro atoms. The monoisotopic (exact) mass is 278 g/mol. The Morgan fingerprint density at radius 2 is 2.05 bits per heavy atom. The zero-order valence-corrected chi connectivity index (χ0v) is 12.1. The summed E-state index contributed by atoms with van der Waals surface area (Å²) in [6.45, 7) is 5.54. The van der Waals surface area contributed by atoms with Crippen molar-refractivity contribution in [3.63, 3.8) is 0 Å². The van der Waals surface area contributed by atoms with Crippen LogP contribution in [-0.2, 0) is 4.79 Å². The second-order valence-corrected chi connectivity index (χ2v) is 6.24. The molecule has 0 atom stereocenters. The summed E-state index contributed by atoms with van der Waals surface area (Å²) in [6.07, 6.45) is 2.75. The molecule has 1 amide bonds. The number of carbonyl (C=O) groups excluding carboxylic acids is 2. The van der Waals surface area contributed by atoms with E-state index < -0.39 is 0 Å². The Balaban J connectivity index is 2.13. The van der Waals surface area contributed by atoms with Gasteiger partial charge in [0.15, 0.2) is 5.78 Å². The quantitative estimate of drug-likeness (QED) is 0.865. The average Bonchev–Trinajstić information content (AvgIpc) is 2.79. The van der Waals surface area contributed by atoms with Gasteiger partial charge < -0.3 is 10.2 Å². The molecule has 5 heteroatoms. The molecule has 1 N–H and O–H groups in total. The Labute approximate surface area is 116 Å². The van der Waals surface area contributed by atoms with Crippen LogP contribution in [0.4, 0.5) is 10.0 Å². The molecule has 1 aromatic heterocycles. The number of carbonyl (C=O) groups is 2. The lowest BCUT2D eigenvalue weighted by molar-refractivity contribution is -0.114. The molecule has 4 nitrogen and oxygen atoms in total. The molecule has 0 radical (unpaired) electrons. The van der Waals surface area contributed by atoms with E-state index in [0.29, 0.717) is 12.3 Å². The molecule has 3 aliphatic heterocycles. The van der Waals surface area contributed by atoms with E-state index in [-0.39, 0.29) is 11.7 Å². The number of thiophene rings is 1. The fourth-order valence-corrected chi connectivity index (χ4v) is 4.52. The van der Waals surface area contributed by atoms with Crippen LogP contribution < -0.4 is 10.2 Å². The second kappa shape index (κ2) is 4.63. The minimum atomic E-state index is -0.105. The number of ketones is 1. The molecule has 0 aliphatic carbocycles. The summed E-state index contributed by atoms with van der Waals surface area (Å²) in [4.78, 5) is 26.0. The molecule has 3 aliphatic rings. The van der Waals surface area contributed by atoms with E-state index in [0.717, 1.165) is 36.5 Å². The van der Waals surface area contributed by atoms with Crippen molar-refractivity contribution in [3.8, 4) is 0 Å². The summed E-state index contributed by atoms with van der Waals surface area (Å²) in [5, 5.41) is 4.81. The van der Waals surface area contributed by atoms with Crippen molar-refractivity contribution in [2.75, 3.05) is 23.3 Å². The Morgan fingerprint density at radius 1 is 1.37 bits per heavy atom. The Kier molecular flexibility index (Phi) is 3.09. The lowest BCUT2D eigenvalue weighted by atomic mass is 9.83. The van der Waals surface area contributed by atoms with Crippen LogP contribution in [-0.4, -0.2) is 24.8 Å². The Hall–Kier alpha value is -1.36. The molecule has 19 heavy (non-hydrogen) atoms. The normalized spacial score (nSPS) is 17.5. The van der Waals surface area contributed by atoms with Gasteiger partial charge in [-0.25, -0.2) is 0 Å². The van der Waals surface area contributed by atoms with Crippen LogP contribution >= 0.6 is 11.3 Å². The van der Waals surface area contributed by atoms with Crippen molar-refractivity contribution in [2.45, 2.75) is 39.0 Å². The smallest absolute Gasteiger partial charge is 0.221 e. The second-order valence-electron chi connectivity index (χ2n) is 5.24. The molecule has 1 saturated heterocycles. The van der Waals surface area contributed by atoms with E-state index in [1.807, 2.05) is 6.92 Å². The largest absolute Gasteiger partial charge is 0.363 e. The van der Waals surface area contributed by atoms with Crippen LogP contribution in [0.25, 0.3) is 0 Å². The van der Waals surface area contributed by atoms with Gasteiger partial charge in [0, 0.05) is 32.0 Å². The minimum Gasteiger partial charge on any atom is -0.363 e. The number of nitrogens with one attached hydrogen (secondary N) is 1. The van der Waals surface area contributed by atoms with Crippen molar-refractivity contribution in [1.29, 1.82) is 0 Å². The number of anilines is 2. The topological polar surface area (TPSA) is 49.4 Å². The maximum atomic E-state index is 12.3. The summed E-state index contributed by atoms with van der Waals surface area (Å²) in [7, 11) is 0. The molecule has 2 bridgehead atoms. The molecule has 1 aromatic rings. The molecule has 0 unspecified atom stereocenters. The lowest BCUT2D eigenvalue weighted by Gasteiger charge is -2.40. The summed E-state index contributed by atoms with van der Waals surface area (Å²) >= 11 is 1.57. The molecular formula is C14H18N2O2S. The van der Waals surface area contributed by atoms with Crippen LogP contribution in [0.3, 0.4) is 0 Å². The fourth-order valence-electron chi connectivity index (χ4n) is 3.12. The first kappa shape index (κ1) is 12.7. The Bertz CT molecular complexity index is 542. The van der Waals surface area contributed by atoms with Crippen LogP contribution in [0.1, 0.15) is 54.9 Å². The summed E-state index contributed by atoms with van der Waals surface area (Å²) < 4.78 is 0. The zero-order chi connectivity index (χ0) is 13.6. The van der Waals surface area contributed by atoms with E-state index in [1.54, 1.807) is 11.3 Å². The third kappa shape index (κ3) is 1.96. The predicted molar refractivity (Wildman–Crippen MR) is 77.4 cm³/mol. The van der Waals surface area contributed by atoms with Gasteiger partial charge in [0.2, 0.25) is 5.91 Å². The molecule has 102 valence electrons. The maximum Gasteiger partial charge on any atom is 0.221 e. The van der Waals surface area contributed by atoms with Crippen LogP contribution in [0.2, 0.25) is 0 Å². The van der Waals surface area contributed by atoms with E-state index in [2.05, 4.69) is 10.2 Å². The van der Waals surface area contributed by atoms with Gasteiger partial charge in [0.1, 0.15) is 5.00 Å². The Morgan fingerprint density at radius 3 is 2.63 bits per heavy atom. The highest BCUT2D eigenvalue weighted by Gasteiger charge is 2.37. The summed E-state index contributed by atoms with van der Waals surface area (Å²) in [5.74, 6) is 0.547. The zero-order valence-electron chi connectivity index (χ0n) is 11.3. The highest BCUT2D eigenvalue weighted by atomic mass is 32.1. The molecule has 0 aromatic carbocycles. The molecule has 1 fully saturated rings. The van der Waals surface area contributed by atoms with Crippen molar-refractivity contribution >= 4 is 33.0 Å². The van der Waals surface area contributed by atoms with Gasteiger partial charge in [-0.3, -0.25) is 9.59 Å². The number of nitrogens with zero attached hydrogens (tertiary/aromatic N) is 1. The number of hydrogen-bond donors (Lipinski definition) is 1. The van der Waals surface area contributed by atoms with Crippen molar-refractivity contribution in [1.82, 2.24) is 0 Å². The first-order valence-electron chi connectivity index (χ1n) is 6.84. The van der Waals surface area contributed by atoms with Gasteiger partial charge in [-0.05, 0) is 18.8 Å². The number of hydrogen-bond acceptors (Lipinski definition) is 4. The van der Waals surface area contributed by atoms with Gasteiger partial charge in [-0.15, -0.1) is 0 Å². The van der Waals surface area contributed by atoms with Crippen LogP contribution in [0, 0.1) is 0 Å². The standard InChI is InChI=1S/C14H18N2O2S/c1-3-10(18)12-11-9-4-6-16(7-5-9)14(11)19-13(12)15-8(2)17/h9H,3-7H2,1-2H3,(H,15,17). The molecular weight excluding hydrogens is 260 g/mol. The van der Waals surface area contributed by atoms with Crippen molar-refractivity contribution < 1.29 is 9.59 Å². The maximum absolute atomic E-state index is 12.3. The van der Waals surface area contributed by atoms with Crippen LogP contribution in [0.15, 0.2) is 0 Å². The average molecular weight is 278 g/mol. The van der Waals surface area contributed by atoms with E-state index in [4.69, 9.17) is 0 Å². The first-order chi connectivity index (χ1) is 9.11. The van der Waals surface area contributed by atoms with Gasteiger partial charge in [-0.1, -0.05) is 18.3 Å². The van der Waals surface area contributed by atoms with Crippen molar-refractivity contribution in [2.24, 2.45) is 0 Å². The number of Topliss-reactive ketones (excluding diaryl/α,β-unsaturated/α-hetero) is 1. The lowest BCUT2D eigenvalue weighted by Crippen LogP contribution is -2.38. The molecule has 0 saturated carbocycles. The van der Waals surface area contributed by atoms with Gasteiger partial charge in [0.05, 0.1) is 10.6 Å². The molecule has 4 rings (SSSR count). The van der Waals surface area contributed by atoms with Crippen molar-refractivity contribution in [3.05, 3.63) is 11.1 Å². The van der Waals surface area contributed by atoms with Gasteiger partial charge in [0.25, 0.3) is 0 Å².